The van der Waals surface area contributed by atoms with Gasteiger partial charge in [0.05, 0.1) is 0 Å². The second kappa shape index (κ2) is 7.22. The number of alkyl halides is 3. The van der Waals surface area contributed by atoms with Crippen molar-refractivity contribution in [3.8, 4) is 5.75 Å². The van der Waals surface area contributed by atoms with Gasteiger partial charge < -0.3 is 4.74 Å². The number of hydrazine groups is 1. The number of hydrogen-bond acceptors (Lipinski definition) is 3. The number of nitrogens with one attached hydrogen (secondary N) is 2. The fourth-order valence-electron chi connectivity index (χ4n) is 1.67. The molecule has 2 N–H and O–H groups in total. The maximum Gasteiger partial charge on any atom is 0.573 e. The number of rotatable bonds is 3. The maximum atomic E-state index is 12.0. The van der Waals surface area contributed by atoms with Crippen LogP contribution in [0.3, 0.4) is 0 Å². The van der Waals surface area contributed by atoms with Crippen molar-refractivity contribution in [1.82, 2.24) is 10.9 Å². The van der Waals surface area contributed by atoms with Crippen molar-refractivity contribution in [2.75, 3.05) is 0 Å². The van der Waals surface area contributed by atoms with Crippen molar-refractivity contribution in [3.63, 3.8) is 0 Å². The van der Waals surface area contributed by atoms with Crippen molar-refractivity contribution in [2.45, 2.75) is 6.36 Å². The Hall–Kier alpha value is -2.74. The smallest absolute Gasteiger partial charge is 0.406 e. The highest BCUT2D eigenvalue weighted by atomic mass is 35.5. The first-order valence-electron chi connectivity index (χ1n) is 6.47. The molecule has 0 heterocycles. The van der Waals surface area contributed by atoms with Gasteiger partial charge in [-0.25, -0.2) is 0 Å². The van der Waals surface area contributed by atoms with E-state index in [0.29, 0.717) is 5.02 Å². The predicted molar refractivity (Wildman–Crippen MR) is 79.5 cm³/mol. The molecular formula is C15H10ClF3N2O3. The summed E-state index contributed by atoms with van der Waals surface area (Å²) in [5, 5.41) is 0.455. The molecule has 0 bridgehead atoms. The van der Waals surface area contributed by atoms with E-state index < -0.39 is 23.9 Å². The number of halogens is 4. The van der Waals surface area contributed by atoms with Crippen LogP contribution in [0.15, 0.2) is 48.5 Å². The summed E-state index contributed by atoms with van der Waals surface area (Å²) in [5.74, 6) is -1.72. The summed E-state index contributed by atoms with van der Waals surface area (Å²) in [6, 6.07) is 10.2. The van der Waals surface area contributed by atoms with Crippen molar-refractivity contribution < 1.29 is 27.5 Å². The van der Waals surface area contributed by atoms with Crippen LogP contribution in [0, 0.1) is 0 Å². The van der Waals surface area contributed by atoms with Gasteiger partial charge in [-0.15, -0.1) is 13.2 Å². The third-order valence-corrected chi connectivity index (χ3v) is 3.00. The van der Waals surface area contributed by atoms with E-state index in [1.807, 2.05) is 0 Å². The van der Waals surface area contributed by atoms with Gasteiger partial charge in [0.2, 0.25) is 0 Å². The second-order valence-corrected chi connectivity index (χ2v) is 4.92. The molecule has 0 aliphatic rings. The van der Waals surface area contributed by atoms with Crippen LogP contribution in [0.25, 0.3) is 0 Å². The highest BCUT2D eigenvalue weighted by Crippen LogP contribution is 2.22. The molecule has 0 aromatic heterocycles. The lowest BCUT2D eigenvalue weighted by Gasteiger charge is -2.10. The van der Waals surface area contributed by atoms with Crippen molar-refractivity contribution >= 4 is 23.4 Å². The highest BCUT2D eigenvalue weighted by molar-refractivity contribution is 6.30. The van der Waals surface area contributed by atoms with Gasteiger partial charge in [-0.2, -0.15) is 0 Å². The van der Waals surface area contributed by atoms with Gasteiger partial charge in [-0.3, -0.25) is 20.4 Å². The minimum absolute atomic E-state index is 0.0425. The molecule has 9 heteroatoms. The average Bonchev–Trinajstić information content (AvgIpc) is 2.52. The van der Waals surface area contributed by atoms with Crippen LogP contribution in [-0.4, -0.2) is 18.2 Å². The van der Waals surface area contributed by atoms with E-state index >= 15 is 0 Å². The summed E-state index contributed by atoms with van der Waals surface area (Å²) in [6.45, 7) is 0. The Morgan fingerprint density at radius 3 is 1.67 bits per heavy atom. The maximum absolute atomic E-state index is 12.0. The molecule has 0 unspecified atom stereocenters. The second-order valence-electron chi connectivity index (χ2n) is 4.49. The van der Waals surface area contributed by atoms with Crippen LogP contribution < -0.4 is 15.6 Å². The first-order valence-corrected chi connectivity index (χ1v) is 6.84. The normalized spacial score (nSPS) is 10.8. The number of ether oxygens (including phenoxy) is 1. The molecule has 0 saturated heterocycles. The molecule has 2 amide bonds. The summed E-state index contributed by atoms with van der Waals surface area (Å²) >= 11 is 5.69. The molecule has 2 aromatic rings. The summed E-state index contributed by atoms with van der Waals surface area (Å²) in [5.41, 5.74) is 4.64. The lowest BCUT2D eigenvalue weighted by molar-refractivity contribution is -0.274. The Bertz CT molecular complexity index is 731. The van der Waals surface area contributed by atoms with E-state index in [-0.39, 0.29) is 11.1 Å². The SMILES string of the molecule is O=C(NNC(=O)c1ccc(OC(F)(F)F)cc1)c1ccc(Cl)cc1. The van der Waals surface area contributed by atoms with Crippen LogP contribution in [0.2, 0.25) is 5.02 Å². The Labute approximate surface area is 139 Å². The molecular weight excluding hydrogens is 349 g/mol. The van der Waals surface area contributed by atoms with Crippen LogP contribution in [0.1, 0.15) is 20.7 Å². The third-order valence-electron chi connectivity index (χ3n) is 2.75. The quantitative estimate of drug-likeness (QED) is 0.827. The highest BCUT2D eigenvalue weighted by Gasteiger charge is 2.31. The summed E-state index contributed by atoms with van der Waals surface area (Å²) in [6.07, 6.45) is -4.81. The lowest BCUT2D eigenvalue weighted by atomic mass is 10.2. The Balaban J connectivity index is 1.92. The van der Waals surface area contributed by atoms with Gasteiger partial charge in [-0.05, 0) is 48.5 Å². The third kappa shape index (κ3) is 5.17. The summed E-state index contributed by atoms with van der Waals surface area (Å²) in [7, 11) is 0. The van der Waals surface area contributed by atoms with Crippen LogP contribution in [-0.2, 0) is 0 Å². The molecule has 2 rings (SSSR count). The summed E-state index contributed by atoms with van der Waals surface area (Å²) in [4.78, 5) is 23.6. The number of hydrogen-bond donors (Lipinski definition) is 2. The van der Waals surface area contributed by atoms with E-state index in [2.05, 4.69) is 15.6 Å². The zero-order valence-electron chi connectivity index (χ0n) is 11.9. The molecule has 0 saturated carbocycles. The first kappa shape index (κ1) is 17.6. The Morgan fingerprint density at radius 1 is 0.833 bits per heavy atom. The van der Waals surface area contributed by atoms with Gasteiger partial charge in [0.1, 0.15) is 5.75 Å². The molecule has 0 aliphatic carbocycles. The fourth-order valence-corrected chi connectivity index (χ4v) is 1.79. The van der Waals surface area contributed by atoms with Gasteiger partial charge >= 0.3 is 6.36 Å². The fraction of sp³-hybridized carbons (Fsp3) is 0.0667. The van der Waals surface area contributed by atoms with Crippen LogP contribution >= 0.6 is 11.6 Å². The number of carbonyl (C=O) groups is 2. The zero-order chi connectivity index (χ0) is 17.7. The molecule has 24 heavy (non-hydrogen) atoms. The topological polar surface area (TPSA) is 67.4 Å². The van der Waals surface area contributed by atoms with Gasteiger partial charge in [0.15, 0.2) is 0 Å². The molecule has 0 aliphatic heterocycles. The van der Waals surface area contributed by atoms with Crippen molar-refractivity contribution in [2.24, 2.45) is 0 Å². The zero-order valence-corrected chi connectivity index (χ0v) is 12.6. The Kier molecular flexibility index (Phi) is 5.30. The van der Waals surface area contributed by atoms with E-state index in [1.54, 1.807) is 0 Å². The lowest BCUT2D eigenvalue weighted by Crippen LogP contribution is -2.41. The largest absolute Gasteiger partial charge is 0.573 e. The standard InChI is InChI=1S/C15H10ClF3N2O3/c16-11-5-1-9(2-6-11)13(22)20-21-14(23)10-3-7-12(8-4-10)24-15(17,18)19/h1-8H,(H,20,22)(H,21,23). The van der Waals surface area contributed by atoms with E-state index in [0.717, 1.165) is 24.3 Å². The van der Waals surface area contributed by atoms with E-state index in [1.165, 1.54) is 24.3 Å². The Morgan fingerprint density at radius 2 is 1.25 bits per heavy atom. The van der Waals surface area contributed by atoms with Crippen molar-refractivity contribution in [1.29, 1.82) is 0 Å². The van der Waals surface area contributed by atoms with Crippen molar-refractivity contribution in [3.05, 3.63) is 64.7 Å². The van der Waals surface area contributed by atoms with Crippen LogP contribution in [0.4, 0.5) is 13.2 Å². The number of amides is 2. The molecule has 5 nitrogen and oxygen atoms in total. The minimum Gasteiger partial charge on any atom is -0.406 e. The molecule has 126 valence electrons. The van der Waals surface area contributed by atoms with Crippen LogP contribution in [0.5, 0.6) is 5.75 Å². The first-order chi connectivity index (χ1) is 11.2. The molecule has 2 aromatic carbocycles. The average molecular weight is 359 g/mol. The summed E-state index contributed by atoms with van der Waals surface area (Å²) < 4.78 is 39.8. The monoisotopic (exact) mass is 358 g/mol. The number of carbonyl (C=O) groups excluding carboxylic acids is 2. The molecule has 0 radical (unpaired) electrons. The predicted octanol–water partition coefficient (Wildman–Crippen LogP) is 3.31. The minimum atomic E-state index is -4.81. The molecule has 0 fully saturated rings. The van der Waals surface area contributed by atoms with E-state index in [9.17, 15) is 22.8 Å². The number of benzene rings is 2. The van der Waals surface area contributed by atoms with Gasteiger partial charge in [-0.1, -0.05) is 11.6 Å². The van der Waals surface area contributed by atoms with Gasteiger partial charge in [0.25, 0.3) is 11.8 Å². The molecule has 0 atom stereocenters. The van der Waals surface area contributed by atoms with E-state index in [4.69, 9.17) is 11.6 Å². The van der Waals surface area contributed by atoms with Gasteiger partial charge in [0, 0.05) is 16.1 Å². The molecule has 0 spiro atoms.